The fourth-order valence-electron chi connectivity index (χ4n) is 2.35. The van der Waals surface area contributed by atoms with Crippen LogP contribution in [0.2, 0.25) is 0 Å². The van der Waals surface area contributed by atoms with Gasteiger partial charge in [0, 0.05) is 37.8 Å². The molecule has 0 spiro atoms. The smallest absolute Gasteiger partial charge is 0.269 e. The van der Waals surface area contributed by atoms with Crippen LogP contribution in [0, 0.1) is 10.1 Å². The highest BCUT2D eigenvalue weighted by Crippen LogP contribution is 2.25. The summed E-state index contributed by atoms with van der Waals surface area (Å²) in [6, 6.07) is 6.92. The number of ether oxygens (including phenoxy) is 1. The van der Waals surface area contributed by atoms with Crippen LogP contribution >= 0.6 is 12.4 Å². The van der Waals surface area contributed by atoms with Gasteiger partial charge in [-0.15, -0.1) is 12.4 Å². The molecule has 2 rings (SSSR count). The molecule has 112 valence electrons. The second kappa shape index (κ2) is 7.54. The molecule has 1 fully saturated rings. The molecule has 0 aromatic heterocycles. The number of hydrogen-bond acceptors (Lipinski definition) is 5. The van der Waals surface area contributed by atoms with Crippen LogP contribution in [0.1, 0.15) is 18.5 Å². The van der Waals surface area contributed by atoms with Crippen molar-refractivity contribution in [1.82, 2.24) is 4.90 Å². The van der Waals surface area contributed by atoms with Crippen LogP contribution in [-0.4, -0.2) is 42.2 Å². The van der Waals surface area contributed by atoms with E-state index < -0.39 is 0 Å². The second-order valence-electron chi connectivity index (χ2n) is 4.75. The van der Waals surface area contributed by atoms with Gasteiger partial charge < -0.3 is 10.5 Å². The van der Waals surface area contributed by atoms with E-state index in [0.717, 1.165) is 18.7 Å². The number of nitro groups is 1. The minimum atomic E-state index is -0.363. The van der Waals surface area contributed by atoms with Gasteiger partial charge in [0.25, 0.3) is 5.69 Å². The molecule has 1 heterocycles. The third kappa shape index (κ3) is 3.89. The van der Waals surface area contributed by atoms with Crippen molar-refractivity contribution in [2.24, 2.45) is 5.73 Å². The summed E-state index contributed by atoms with van der Waals surface area (Å²) >= 11 is 0. The Balaban J connectivity index is 0.00000200. The lowest BCUT2D eigenvalue weighted by Crippen LogP contribution is -2.46. The fourth-order valence-corrected chi connectivity index (χ4v) is 2.35. The lowest BCUT2D eigenvalue weighted by atomic mass is 10.1. The van der Waals surface area contributed by atoms with E-state index in [1.807, 2.05) is 6.07 Å². The molecule has 1 aliphatic heterocycles. The third-order valence-corrected chi connectivity index (χ3v) is 3.54. The predicted octanol–water partition coefficient (Wildman–Crippen LogP) is 1.74. The summed E-state index contributed by atoms with van der Waals surface area (Å²) in [6.07, 6.45) is 0.0508. The van der Waals surface area contributed by atoms with Crippen LogP contribution in [0.3, 0.4) is 0 Å². The zero-order valence-electron chi connectivity index (χ0n) is 11.4. The predicted molar refractivity (Wildman–Crippen MR) is 79.1 cm³/mol. The van der Waals surface area contributed by atoms with Crippen LogP contribution in [0.15, 0.2) is 24.3 Å². The topological polar surface area (TPSA) is 81.6 Å². The van der Waals surface area contributed by atoms with Crippen molar-refractivity contribution in [1.29, 1.82) is 0 Å². The number of nitrogens with two attached hydrogens (primary N) is 1. The first-order chi connectivity index (χ1) is 9.11. The van der Waals surface area contributed by atoms with Crippen molar-refractivity contribution in [2.75, 3.05) is 26.2 Å². The monoisotopic (exact) mass is 301 g/mol. The maximum atomic E-state index is 10.8. The van der Waals surface area contributed by atoms with Gasteiger partial charge in [-0.3, -0.25) is 15.0 Å². The highest BCUT2D eigenvalue weighted by atomic mass is 35.5. The van der Waals surface area contributed by atoms with Gasteiger partial charge in [0.2, 0.25) is 0 Å². The zero-order valence-corrected chi connectivity index (χ0v) is 12.2. The standard InChI is InChI=1S/C13H19N3O3.ClH/c1-10(15-5-6-19-13(8-14)9-15)11-3-2-4-12(7-11)16(17)18;/h2-4,7,10,13H,5-6,8-9,14H2,1H3;1H. The van der Waals surface area contributed by atoms with Gasteiger partial charge in [-0.1, -0.05) is 12.1 Å². The van der Waals surface area contributed by atoms with Crippen molar-refractivity contribution < 1.29 is 9.66 Å². The third-order valence-electron chi connectivity index (χ3n) is 3.54. The van der Waals surface area contributed by atoms with E-state index in [9.17, 15) is 10.1 Å². The Kier molecular flexibility index (Phi) is 6.35. The van der Waals surface area contributed by atoms with Gasteiger partial charge in [-0.25, -0.2) is 0 Å². The minimum absolute atomic E-state index is 0. The summed E-state index contributed by atoms with van der Waals surface area (Å²) in [4.78, 5) is 12.7. The van der Waals surface area contributed by atoms with Gasteiger partial charge in [0.15, 0.2) is 0 Å². The van der Waals surface area contributed by atoms with E-state index in [1.165, 1.54) is 6.07 Å². The van der Waals surface area contributed by atoms with Crippen LogP contribution in [0.4, 0.5) is 5.69 Å². The quantitative estimate of drug-likeness (QED) is 0.676. The van der Waals surface area contributed by atoms with E-state index in [1.54, 1.807) is 12.1 Å². The van der Waals surface area contributed by atoms with Crippen LogP contribution < -0.4 is 5.73 Å². The van der Waals surface area contributed by atoms with E-state index in [2.05, 4.69) is 11.8 Å². The summed E-state index contributed by atoms with van der Waals surface area (Å²) in [5.74, 6) is 0. The molecule has 0 aliphatic carbocycles. The lowest BCUT2D eigenvalue weighted by molar-refractivity contribution is -0.385. The van der Waals surface area contributed by atoms with Crippen LogP contribution in [0.25, 0.3) is 0 Å². The highest BCUT2D eigenvalue weighted by molar-refractivity contribution is 5.85. The number of hydrogen-bond donors (Lipinski definition) is 1. The summed E-state index contributed by atoms with van der Waals surface area (Å²) < 4.78 is 5.53. The molecule has 1 aromatic carbocycles. The Morgan fingerprint density at radius 3 is 3.00 bits per heavy atom. The van der Waals surface area contributed by atoms with E-state index in [4.69, 9.17) is 10.5 Å². The van der Waals surface area contributed by atoms with Gasteiger partial charge >= 0.3 is 0 Å². The van der Waals surface area contributed by atoms with Gasteiger partial charge in [-0.2, -0.15) is 0 Å². The average Bonchev–Trinajstić information content (AvgIpc) is 2.46. The number of benzene rings is 1. The molecule has 0 radical (unpaired) electrons. The SMILES string of the molecule is CC(c1cccc([N+](=O)[O-])c1)N1CCOC(CN)C1.Cl. The largest absolute Gasteiger partial charge is 0.374 e. The summed E-state index contributed by atoms with van der Waals surface area (Å²) in [7, 11) is 0. The zero-order chi connectivity index (χ0) is 13.8. The maximum Gasteiger partial charge on any atom is 0.269 e. The molecular weight excluding hydrogens is 282 g/mol. The molecule has 1 aromatic rings. The minimum Gasteiger partial charge on any atom is -0.374 e. The summed E-state index contributed by atoms with van der Waals surface area (Å²) in [6.45, 7) is 4.79. The van der Waals surface area contributed by atoms with Gasteiger partial charge in [0.1, 0.15) is 0 Å². The number of rotatable bonds is 4. The summed E-state index contributed by atoms with van der Waals surface area (Å²) in [5, 5.41) is 10.8. The molecule has 2 unspecified atom stereocenters. The molecule has 0 saturated carbocycles. The van der Waals surface area contributed by atoms with Gasteiger partial charge in [0.05, 0.1) is 17.6 Å². The van der Waals surface area contributed by atoms with Crippen molar-refractivity contribution >= 4 is 18.1 Å². The number of non-ortho nitro benzene ring substituents is 1. The molecule has 2 atom stereocenters. The van der Waals surface area contributed by atoms with Crippen LogP contribution in [0.5, 0.6) is 0 Å². The molecule has 20 heavy (non-hydrogen) atoms. The Hall–Kier alpha value is -1.21. The Bertz CT molecular complexity index is 458. The molecule has 1 aliphatic rings. The van der Waals surface area contributed by atoms with E-state index in [0.29, 0.717) is 13.2 Å². The second-order valence-corrected chi connectivity index (χ2v) is 4.75. The number of halogens is 1. The van der Waals surface area contributed by atoms with Crippen molar-refractivity contribution in [2.45, 2.75) is 19.1 Å². The van der Waals surface area contributed by atoms with E-state index in [-0.39, 0.29) is 35.2 Å². The Morgan fingerprint density at radius 1 is 1.60 bits per heavy atom. The summed E-state index contributed by atoms with van der Waals surface area (Å²) in [5.41, 5.74) is 6.71. The van der Waals surface area contributed by atoms with Gasteiger partial charge in [-0.05, 0) is 12.5 Å². The first kappa shape index (κ1) is 16.8. The van der Waals surface area contributed by atoms with Crippen molar-refractivity contribution in [3.63, 3.8) is 0 Å². The van der Waals surface area contributed by atoms with Crippen molar-refractivity contribution in [3.8, 4) is 0 Å². The molecule has 2 N–H and O–H groups in total. The highest BCUT2D eigenvalue weighted by Gasteiger charge is 2.24. The first-order valence-electron chi connectivity index (χ1n) is 6.42. The normalized spacial score (nSPS) is 21.0. The van der Waals surface area contributed by atoms with Crippen molar-refractivity contribution in [3.05, 3.63) is 39.9 Å². The fraction of sp³-hybridized carbons (Fsp3) is 0.538. The number of nitro benzene ring substituents is 1. The molecule has 0 amide bonds. The average molecular weight is 302 g/mol. The maximum absolute atomic E-state index is 10.8. The van der Waals surface area contributed by atoms with Crippen LogP contribution in [-0.2, 0) is 4.74 Å². The number of nitrogens with zero attached hydrogens (tertiary/aromatic N) is 2. The van der Waals surface area contributed by atoms with E-state index >= 15 is 0 Å². The molecule has 0 bridgehead atoms. The molecular formula is C13H20ClN3O3. The number of morpholine rings is 1. The Labute approximate surface area is 124 Å². The molecule has 7 heteroatoms. The first-order valence-corrected chi connectivity index (χ1v) is 6.42. The molecule has 6 nitrogen and oxygen atoms in total. The Morgan fingerprint density at radius 2 is 2.35 bits per heavy atom. The lowest BCUT2D eigenvalue weighted by Gasteiger charge is -2.36. The molecule has 1 saturated heterocycles.